The average Bonchev–Trinajstić information content (AvgIpc) is 3.20. The lowest BCUT2D eigenvalue weighted by Gasteiger charge is -2.64. The number of amides is 1. The van der Waals surface area contributed by atoms with E-state index in [1.807, 2.05) is 6.07 Å². The molecule has 0 aromatic rings. The molecule has 1 N–H and O–H groups in total. The summed E-state index contributed by atoms with van der Waals surface area (Å²) in [4.78, 5) is 14.1. The summed E-state index contributed by atoms with van der Waals surface area (Å²) in [6.07, 6.45) is 5.39. The molecule has 1 amide bonds. The van der Waals surface area contributed by atoms with Gasteiger partial charge in [-0.2, -0.15) is 9.57 Å². The standard InChI is InChI=1S/C20H29FN4O3S/c21-16-5-17(10-22)24(12-16)18(26)11-23-19-6-14-4-15(7-19)9-20(8-14,13-19)25-2-1-3-29(25,27)28/h14-17,23H,1-9,11-13H2. The predicted molar refractivity (Wildman–Crippen MR) is 104 cm³/mol. The molecule has 2 aliphatic heterocycles. The maximum atomic E-state index is 13.7. The molecule has 160 valence electrons. The number of hydrogen-bond acceptors (Lipinski definition) is 5. The van der Waals surface area contributed by atoms with Gasteiger partial charge in [0.15, 0.2) is 0 Å². The van der Waals surface area contributed by atoms with Crippen LogP contribution in [0.15, 0.2) is 0 Å². The monoisotopic (exact) mass is 424 g/mol. The smallest absolute Gasteiger partial charge is 0.237 e. The molecule has 0 spiro atoms. The number of carbonyl (C=O) groups excluding carboxylic acids is 1. The van der Waals surface area contributed by atoms with Gasteiger partial charge in [0, 0.05) is 24.0 Å². The zero-order valence-corrected chi connectivity index (χ0v) is 17.5. The molecule has 2 heterocycles. The second kappa shape index (κ2) is 6.63. The highest BCUT2D eigenvalue weighted by Gasteiger charge is 2.62. The Morgan fingerprint density at radius 3 is 2.55 bits per heavy atom. The van der Waals surface area contributed by atoms with Crippen molar-refractivity contribution in [3.63, 3.8) is 0 Å². The van der Waals surface area contributed by atoms with Gasteiger partial charge < -0.3 is 10.2 Å². The molecule has 4 atom stereocenters. The number of nitrogens with one attached hydrogen (secondary N) is 1. The molecule has 2 saturated heterocycles. The average molecular weight is 425 g/mol. The maximum Gasteiger partial charge on any atom is 0.237 e. The number of alkyl halides is 1. The molecule has 4 saturated carbocycles. The molecule has 6 aliphatic rings. The van der Waals surface area contributed by atoms with E-state index in [4.69, 9.17) is 0 Å². The summed E-state index contributed by atoms with van der Waals surface area (Å²) in [6, 6.07) is 1.35. The first-order valence-electron chi connectivity index (χ1n) is 10.8. The van der Waals surface area contributed by atoms with Crippen LogP contribution in [-0.4, -0.2) is 72.2 Å². The Morgan fingerprint density at radius 2 is 1.93 bits per heavy atom. The molecular weight excluding hydrogens is 395 g/mol. The number of rotatable bonds is 4. The number of hydrogen-bond donors (Lipinski definition) is 1. The van der Waals surface area contributed by atoms with Crippen molar-refractivity contribution in [1.82, 2.24) is 14.5 Å². The van der Waals surface area contributed by atoms with Crippen LogP contribution in [0.4, 0.5) is 4.39 Å². The second-order valence-corrected chi connectivity index (χ2v) is 12.1. The Hall–Kier alpha value is -1.24. The third-order valence-electron chi connectivity index (χ3n) is 7.99. The fraction of sp³-hybridized carbons (Fsp3) is 0.900. The van der Waals surface area contributed by atoms with Crippen molar-refractivity contribution in [2.45, 2.75) is 74.7 Å². The molecule has 29 heavy (non-hydrogen) atoms. The van der Waals surface area contributed by atoms with Crippen LogP contribution in [-0.2, 0) is 14.8 Å². The second-order valence-electron chi connectivity index (χ2n) is 10.1. The highest BCUT2D eigenvalue weighted by molar-refractivity contribution is 7.89. The molecule has 0 aromatic heterocycles. The fourth-order valence-electron chi connectivity index (χ4n) is 7.43. The lowest BCUT2D eigenvalue weighted by atomic mass is 9.50. The summed E-state index contributed by atoms with van der Waals surface area (Å²) in [5, 5.41) is 12.7. The number of likely N-dealkylation sites (tertiary alicyclic amines) is 1. The SMILES string of the molecule is N#CC1CC(F)CN1C(=O)CNC12CC3CC(C1)CC(N1CCCS1(=O)=O)(C3)C2. The predicted octanol–water partition coefficient (Wildman–Crippen LogP) is 1.17. The van der Waals surface area contributed by atoms with Crippen LogP contribution in [0.1, 0.15) is 51.4 Å². The van der Waals surface area contributed by atoms with Crippen LogP contribution >= 0.6 is 0 Å². The molecule has 4 unspecified atom stereocenters. The van der Waals surface area contributed by atoms with Gasteiger partial charge in [0.25, 0.3) is 0 Å². The number of nitrogens with zero attached hydrogens (tertiary/aromatic N) is 3. The molecule has 0 radical (unpaired) electrons. The molecular formula is C20H29FN4O3S. The van der Waals surface area contributed by atoms with Gasteiger partial charge in [-0.1, -0.05) is 0 Å². The van der Waals surface area contributed by atoms with Crippen molar-refractivity contribution in [2.24, 2.45) is 11.8 Å². The number of sulfonamides is 1. The number of carbonyl (C=O) groups is 1. The van der Waals surface area contributed by atoms with E-state index in [-0.39, 0.29) is 42.2 Å². The molecule has 7 nitrogen and oxygen atoms in total. The van der Waals surface area contributed by atoms with Gasteiger partial charge in [0.1, 0.15) is 12.2 Å². The topological polar surface area (TPSA) is 93.5 Å². The largest absolute Gasteiger partial charge is 0.323 e. The third-order valence-corrected chi connectivity index (χ3v) is 10.0. The Balaban J connectivity index is 1.33. The first kappa shape index (κ1) is 19.7. The van der Waals surface area contributed by atoms with Gasteiger partial charge in [0.05, 0.1) is 24.9 Å². The van der Waals surface area contributed by atoms with Crippen molar-refractivity contribution in [2.75, 3.05) is 25.4 Å². The Kier molecular flexibility index (Phi) is 4.50. The number of nitriles is 1. The van der Waals surface area contributed by atoms with E-state index in [1.165, 1.54) is 4.90 Å². The lowest BCUT2D eigenvalue weighted by molar-refractivity contribution is -0.132. The Morgan fingerprint density at radius 1 is 1.21 bits per heavy atom. The fourth-order valence-corrected chi connectivity index (χ4v) is 9.36. The van der Waals surface area contributed by atoms with E-state index in [2.05, 4.69) is 5.32 Å². The minimum absolute atomic E-state index is 0.00700. The van der Waals surface area contributed by atoms with Gasteiger partial charge in [0.2, 0.25) is 15.9 Å². The van der Waals surface area contributed by atoms with Gasteiger partial charge in [-0.05, 0) is 56.8 Å². The first-order valence-corrected chi connectivity index (χ1v) is 12.4. The van der Waals surface area contributed by atoms with Crippen LogP contribution in [0.5, 0.6) is 0 Å². The maximum absolute atomic E-state index is 13.7. The summed E-state index contributed by atoms with van der Waals surface area (Å²) in [6.45, 7) is 0.701. The first-order chi connectivity index (χ1) is 13.7. The summed E-state index contributed by atoms with van der Waals surface area (Å²) in [5.74, 6) is 1.00. The van der Waals surface area contributed by atoms with E-state index in [0.717, 1.165) is 38.5 Å². The molecule has 9 heteroatoms. The van der Waals surface area contributed by atoms with Crippen LogP contribution in [0.25, 0.3) is 0 Å². The lowest BCUT2D eigenvalue weighted by Crippen LogP contribution is -2.69. The molecule has 4 aliphatic carbocycles. The van der Waals surface area contributed by atoms with E-state index in [9.17, 15) is 22.9 Å². The minimum Gasteiger partial charge on any atom is -0.323 e. The van der Waals surface area contributed by atoms with E-state index in [0.29, 0.717) is 24.8 Å². The van der Waals surface area contributed by atoms with E-state index >= 15 is 0 Å². The Labute approximate surface area is 171 Å². The minimum atomic E-state index is -3.18. The summed E-state index contributed by atoms with van der Waals surface area (Å²) in [5.41, 5.74) is -0.531. The van der Waals surface area contributed by atoms with Crippen molar-refractivity contribution in [1.29, 1.82) is 5.26 Å². The van der Waals surface area contributed by atoms with Crippen LogP contribution in [0, 0.1) is 23.2 Å². The van der Waals surface area contributed by atoms with E-state index in [1.54, 1.807) is 4.31 Å². The molecule has 4 bridgehead atoms. The molecule has 6 rings (SSSR count). The zero-order chi connectivity index (χ0) is 20.4. The van der Waals surface area contributed by atoms with Gasteiger partial charge in [-0.25, -0.2) is 12.8 Å². The van der Waals surface area contributed by atoms with Crippen molar-refractivity contribution >= 4 is 15.9 Å². The van der Waals surface area contributed by atoms with Gasteiger partial charge in [-0.15, -0.1) is 0 Å². The normalized spacial score (nSPS) is 45.6. The van der Waals surface area contributed by atoms with Crippen LogP contribution < -0.4 is 5.32 Å². The van der Waals surface area contributed by atoms with Gasteiger partial charge >= 0.3 is 0 Å². The van der Waals surface area contributed by atoms with Crippen molar-refractivity contribution in [3.8, 4) is 6.07 Å². The van der Waals surface area contributed by atoms with Crippen LogP contribution in [0.3, 0.4) is 0 Å². The van der Waals surface area contributed by atoms with E-state index < -0.39 is 22.2 Å². The van der Waals surface area contributed by atoms with Crippen molar-refractivity contribution in [3.05, 3.63) is 0 Å². The third kappa shape index (κ3) is 3.19. The summed E-state index contributed by atoms with van der Waals surface area (Å²) >= 11 is 0. The Bertz CT molecular complexity index is 842. The van der Waals surface area contributed by atoms with Gasteiger partial charge in [-0.3, -0.25) is 4.79 Å². The zero-order valence-electron chi connectivity index (χ0n) is 16.6. The quantitative estimate of drug-likeness (QED) is 0.731. The summed E-state index contributed by atoms with van der Waals surface area (Å²) < 4.78 is 40.9. The summed E-state index contributed by atoms with van der Waals surface area (Å²) in [7, 11) is -3.18. The highest BCUT2D eigenvalue weighted by Crippen LogP contribution is 2.60. The highest BCUT2D eigenvalue weighted by atomic mass is 32.2. The van der Waals surface area contributed by atoms with Crippen molar-refractivity contribution < 1.29 is 17.6 Å². The molecule has 6 fully saturated rings. The van der Waals surface area contributed by atoms with Crippen LogP contribution in [0.2, 0.25) is 0 Å². The number of halogens is 1. The molecule has 0 aromatic carbocycles.